The van der Waals surface area contributed by atoms with Gasteiger partial charge in [-0.25, -0.2) is 30.7 Å². The molecular weight excluding hydrogens is 547 g/mol. The van der Waals surface area contributed by atoms with E-state index in [0.29, 0.717) is 35.9 Å². The standard InChI is InChI=1S/C30H19F9O/c1-2-3-16-4-6-17(7-5-16)18-10-22(31)21(23(32)11-18)8-9-30(38,39)40-20-14-24(33)28(25(34)15-20)19-12-26(35)29(37)27(36)13-19/h4-15H,2-3H2,1H3. The topological polar surface area (TPSA) is 9.23 Å². The van der Waals surface area contributed by atoms with Gasteiger partial charge < -0.3 is 4.74 Å². The lowest BCUT2D eigenvalue weighted by atomic mass is 10.00. The molecule has 0 aromatic heterocycles. The fourth-order valence-electron chi connectivity index (χ4n) is 4.02. The van der Waals surface area contributed by atoms with E-state index >= 15 is 0 Å². The molecule has 40 heavy (non-hydrogen) atoms. The number of hydrogen-bond donors (Lipinski definition) is 0. The molecule has 0 fully saturated rings. The van der Waals surface area contributed by atoms with E-state index in [2.05, 4.69) is 4.74 Å². The van der Waals surface area contributed by atoms with Gasteiger partial charge >= 0.3 is 6.11 Å². The predicted octanol–water partition coefficient (Wildman–Crippen LogP) is 9.63. The van der Waals surface area contributed by atoms with Crippen molar-refractivity contribution < 1.29 is 44.3 Å². The van der Waals surface area contributed by atoms with Gasteiger partial charge in [-0.2, -0.15) is 8.78 Å². The molecule has 0 saturated carbocycles. The molecule has 0 aliphatic rings. The Morgan fingerprint density at radius 3 is 1.70 bits per heavy atom. The van der Waals surface area contributed by atoms with E-state index in [0.717, 1.165) is 30.5 Å². The normalized spacial score (nSPS) is 11.8. The van der Waals surface area contributed by atoms with E-state index in [4.69, 9.17) is 0 Å². The van der Waals surface area contributed by atoms with Crippen LogP contribution in [0.15, 0.2) is 66.7 Å². The van der Waals surface area contributed by atoms with Crippen LogP contribution in [0.5, 0.6) is 5.75 Å². The highest BCUT2D eigenvalue weighted by Crippen LogP contribution is 2.34. The molecule has 0 heterocycles. The lowest BCUT2D eigenvalue weighted by Crippen LogP contribution is -2.21. The minimum atomic E-state index is -4.29. The van der Waals surface area contributed by atoms with Gasteiger partial charge in [0.2, 0.25) is 0 Å². The predicted molar refractivity (Wildman–Crippen MR) is 132 cm³/mol. The SMILES string of the molecule is CCCc1ccc(-c2cc(F)c(C=CC(F)(F)Oc3cc(F)c(-c4cc(F)c(F)c(F)c4)c(F)c3)c(F)c2)cc1. The van der Waals surface area contributed by atoms with Crippen LogP contribution in [-0.4, -0.2) is 6.11 Å². The summed E-state index contributed by atoms with van der Waals surface area (Å²) >= 11 is 0. The number of rotatable bonds is 8. The van der Waals surface area contributed by atoms with E-state index in [1.807, 2.05) is 19.1 Å². The number of hydrogen-bond acceptors (Lipinski definition) is 1. The van der Waals surface area contributed by atoms with Crippen molar-refractivity contribution in [3.63, 3.8) is 0 Å². The molecule has 1 nitrogen and oxygen atoms in total. The largest absolute Gasteiger partial charge is 0.429 e. The number of benzene rings is 4. The Labute approximate surface area is 223 Å². The van der Waals surface area contributed by atoms with Crippen molar-refractivity contribution in [3.05, 3.63) is 119 Å². The van der Waals surface area contributed by atoms with Gasteiger partial charge in [0.05, 0.1) is 5.56 Å². The van der Waals surface area contributed by atoms with Gasteiger partial charge in [-0.1, -0.05) is 37.6 Å². The average molecular weight is 566 g/mol. The van der Waals surface area contributed by atoms with Crippen LogP contribution in [0.2, 0.25) is 0 Å². The first-order valence-corrected chi connectivity index (χ1v) is 11.9. The Hall–Kier alpha value is -4.21. The average Bonchev–Trinajstić information content (AvgIpc) is 2.86. The molecule has 10 heteroatoms. The van der Waals surface area contributed by atoms with Crippen molar-refractivity contribution in [1.29, 1.82) is 0 Å². The zero-order chi connectivity index (χ0) is 29.2. The maximum absolute atomic E-state index is 14.6. The summed E-state index contributed by atoms with van der Waals surface area (Å²) in [5, 5.41) is 0. The van der Waals surface area contributed by atoms with Crippen LogP contribution >= 0.6 is 0 Å². The first-order chi connectivity index (χ1) is 18.9. The highest BCUT2D eigenvalue weighted by Gasteiger charge is 2.30. The summed E-state index contributed by atoms with van der Waals surface area (Å²) in [7, 11) is 0. The lowest BCUT2D eigenvalue weighted by molar-refractivity contribution is -0.131. The second-order valence-electron chi connectivity index (χ2n) is 8.81. The summed E-state index contributed by atoms with van der Waals surface area (Å²) in [6.45, 7) is 2.01. The zero-order valence-corrected chi connectivity index (χ0v) is 20.7. The second kappa shape index (κ2) is 11.5. The summed E-state index contributed by atoms with van der Waals surface area (Å²) in [6, 6.07) is 10.2. The van der Waals surface area contributed by atoms with Crippen LogP contribution in [0.4, 0.5) is 39.5 Å². The first-order valence-electron chi connectivity index (χ1n) is 11.9. The molecule has 208 valence electrons. The van der Waals surface area contributed by atoms with Gasteiger partial charge in [0.15, 0.2) is 17.5 Å². The Kier molecular flexibility index (Phi) is 8.27. The van der Waals surface area contributed by atoms with Crippen molar-refractivity contribution >= 4 is 6.08 Å². The van der Waals surface area contributed by atoms with Crippen LogP contribution in [0, 0.1) is 40.7 Å². The molecule has 4 aromatic rings. The molecule has 0 amide bonds. The fourth-order valence-corrected chi connectivity index (χ4v) is 4.02. The molecule has 0 radical (unpaired) electrons. The van der Waals surface area contributed by atoms with Crippen LogP contribution in [0.25, 0.3) is 28.3 Å². The van der Waals surface area contributed by atoms with Gasteiger partial charge in [-0.3, -0.25) is 0 Å². The van der Waals surface area contributed by atoms with Crippen LogP contribution < -0.4 is 4.74 Å². The van der Waals surface area contributed by atoms with Gasteiger partial charge in [0, 0.05) is 23.8 Å². The van der Waals surface area contributed by atoms with Crippen LogP contribution in [0.1, 0.15) is 24.5 Å². The van der Waals surface area contributed by atoms with Crippen molar-refractivity contribution in [2.24, 2.45) is 0 Å². The van der Waals surface area contributed by atoms with E-state index in [-0.39, 0.29) is 11.6 Å². The van der Waals surface area contributed by atoms with E-state index < -0.39 is 69.3 Å². The van der Waals surface area contributed by atoms with E-state index in [9.17, 15) is 39.5 Å². The van der Waals surface area contributed by atoms with Gasteiger partial charge in [-0.15, -0.1) is 0 Å². The maximum atomic E-state index is 14.6. The summed E-state index contributed by atoms with van der Waals surface area (Å²) in [4.78, 5) is 0. The summed E-state index contributed by atoms with van der Waals surface area (Å²) in [6.07, 6.45) is -2.13. The number of halogens is 9. The molecule has 0 saturated heterocycles. The Bertz CT molecular complexity index is 1510. The molecule has 0 N–H and O–H groups in total. The van der Waals surface area contributed by atoms with Gasteiger partial charge in [0.1, 0.15) is 29.0 Å². The maximum Gasteiger partial charge on any atom is 0.419 e. The van der Waals surface area contributed by atoms with E-state index in [1.54, 1.807) is 12.1 Å². The first kappa shape index (κ1) is 28.8. The molecule has 0 unspecified atom stereocenters. The molecule has 4 rings (SSSR count). The summed E-state index contributed by atoms with van der Waals surface area (Å²) in [5.41, 5.74) is -0.806. The highest BCUT2D eigenvalue weighted by atomic mass is 19.3. The van der Waals surface area contributed by atoms with Crippen LogP contribution in [0.3, 0.4) is 0 Å². The third-order valence-corrected chi connectivity index (χ3v) is 5.89. The lowest BCUT2D eigenvalue weighted by Gasteiger charge is -2.16. The summed E-state index contributed by atoms with van der Waals surface area (Å²) < 4.78 is 132. The van der Waals surface area contributed by atoms with Crippen molar-refractivity contribution in [3.8, 4) is 28.0 Å². The quantitative estimate of drug-likeness (QED) is 0.152. The Morgan fingerprint density at radius 1 is 0.650 bits per heavy atom. The monoisotopic (exact) mass is 566 g/mol. The molecule has 0 aliphatic heterocycles. The summed E-state index contributed by atoms with van der Waals surface area (Å²) in [5.74, 6) is -11.7. The fraction of sp³-hybridized carbons (Fsp3) is 0.133. The number of aryl methyl sites for hydroxylation is 1. The molecule has 0 bridgehead atoms. The van der Waals surface area contributed by atoms with Crippen LogP contribution in [-0.2, 0) is 6.42 Å². The third-order valence-electron chi connectivity index (χ3n) is 5.89. The highest BCUT2D eigenvalue weighted by molar-refractivity contribution is 5.68. The molecule has 0 atom stereocenters. The molecule has 0 aliphatic carbocycles. The van der Waals surface area contributed by atoms with Gasteiger partial charge in [0.25, 0.3) is 0 Å². The minimum Gasteiger partial charge on any atom is -0.429 e. The molecule has 4 aromatic carbocycles. The smallest absolute Gasteiger partial charge is 0.419 e. The minimum absolute atomic E-state index is 0.0118. The van der Waals surface area contributed by atoms with Crippen molar-refractivity contribution in [2.45, 2.75) is 25.9 Å². The molecule has 0 spiro atoms. The zero-order valence-electron chi connectivity index (χ0n) is 20.7. The van der Waals surface area contributed by atoms with Crippen molar-refractivity contribution in [2.75, 3.05) is 0 Å². The third kappa shape index (κ3) is 6.32. The second-order valence-corrected chi connectivity index (χ2v) is 8.81. The van der Waals surface area contributed by atoms with Gasteiger partial charge in [-0.05, 0) is 59.0 Å². The number of alkyl halides is 2. The van der Waals surface area contributed by atoms with E-state index in [1.165, 1.54) is 0 Å². The van der Waals surface area contributed by atoms with Crippen molar-refractivity contribution in [1.82, 2.24) is 0 Å². The Balaban J connectivity index is 1.55. The number of ether oxygens (including phenoxy) is 1. The Morgan fingerprint density at radius 2 is 1.18 bits per heavy atom. The molecular formula is C30H19F9O.